The normalized spacial score (nSPS) is 31.0. The van der Waals surface area contributed by atoms with Crippen LogP contribution in [0.1, 0.15) is 43.2 Å². The Morgan fingerprint density at radius 3 is 2.65 bits per heavy atom. The van der Waals surface area contributed by atoms with Crippen molar-refractivity contribution in [3.05, 3.63) is 35.4 Å². The highest BCUT2D eigenvalue weighted by Crippen LogP contribution is 2.41. The Labute approximate surface area is 141 Å². The molecular formula is C20H32N2O. The number of hydrogen-bond donors (Lipinski definition) is 1. The largest absolute Gasteiger partial charge is 0.385 e. The molecule has 1 aliphatic heterocycles. The molecule has 1 aromatic rings. The highest BCUT2D eigenvalue weighted by Gasteiger charge is 2.40. The van der Waals surface area contributed by atoms with Gasteiger partial charge in [-0.25, -0.2) is 0 Å². The molecule has 1 aliphatic carbocycles. The maximum absolute atomic E-state index is 11.7. The lowest BCUT2D eigenvalue weighted by Gasteiger charge is -2.41. The molecule has 3 rings (SSSR count). The molecule has 1 saturated heterocycles. The Kier molecular flexibility index (Phi) is 5.40. The van der Waals surface area contributed by atoms with Gasteiger partial charge in [-0.05, 0) is 32.4 Å². The van der Waals surface area contributed by atoms with Crippen molar-refractivity contribution in [3.63, 3.8) is 0 Å². The molecule has 3 nitrogen and oxygen atoms in total. The van der Waals surface area contributed by atoms with Gasteiger partial charge in [0.05, 0.1) is 5.60 Å². The zero-order valence-corrected chi connectivity index (χ0v) is 14.8. The fourth-order valence-corrected chi connectivity index (χ4v) is 4.28. The van der Waals surface area contributed by atoms with E-state index in [1.165, 1.54) is 18.4 Å². The second-order valence-corrected chi connectivity index (χ2v) is 7.69. The van der Waals surface area contributed by atoms with Crippen molar-refractivity contribution in [1.29, 1.82) is 0 Å². The van der Waals surface area contributed by atoms with Crippen LogP contribution in [0, 0.1) is 12.8 Å². The van der Waals surface area contributed by atoms with E-state index in [1.54, 1.807) is 0 Å². The molecule has 0 bridgehead atoms. The van der Waals surface area contributed by atoms with Crippen molar-refractivity contribution >= 4 is 0 Å². The minimum Gasteiger partial charge on any atom is -0.385 e. The summed E-state index contributed by atoms with van der Waals surface area (Å²) in [5, 5.41) is 11.7. The van der Waals surface area contributed by atoms with Crippen LogP contribution in [-0.2, 0) is 5.60 Å². The second kappa shape index (κ2) is 7.33. The first-order valence-corrected chi connectivity index (χ1v) is 9.28. The SMILES string of the molecule is Cc1cccc(C2(O)CCCCCC2CN2CCN(C)CC2)c1. The first-order chi connectivity index (χ1) is 11.1. The van der Waals surface area contributed by atoms with Crippen LogP contribution in [-0.4, -0.2) is 54.7 Å². The Bertz CT molecular complexity index is 510. The highest BCUT2D eigenvalue weighted by molar-refractivity contribution is 5.28. The fraction of sp³-hybridized carbons (Fsp3) is 0.700. The van der Waals surface area contributed by atoms with Gasteiger partial charge in [0.2, 0.25) is 0 Å². The molecule has 2 unspecified atom stereocenters. The van der Waals surface area contributed by atoms with E-state index >= 15 is 0 Å². The molecule has 2 atom stereocenters. The van der Waals surface area contributed by atoms with Crippen molar-refractivity contribution in [2.45, 2.75) is 44.6 Å². The van der Waals surface area contributed by atoms with Crippen LogP contribution in [0.15, 0.2) is 24.3 Å². The number of nitrogens with zero attached hydrogens (tertiary/aromatic N) is 2. The molecule has 1 aromatic carbocycles. The third-order valence-electron chi connectivity index (χ3n) is 5.88. The maximum Gasteiger partial charge on any atom is 0.0936 e. The molecule has 23 heavy (non-hydrogen) atoms. The summed E-state index contributed by atoms with van der Waals surface area (Å²) >= 11 is 0. The topological polar surface area (TPSA) is 26.7 Å². The average Bonchev–Trinajstić information content (AvgIpc) is 2.73. The third kappa shape index (κ3) is 3.96. The van der Waals surface area contributed by atoms with Gasteiger partial charge in [0.25, 0.3) is 0 Å². The number of rotatable bonds is 3. The number of likely N-dealkylation sites (N-methyl/N-ethyl adjacent to an activating group) is 1. The maximum atomic E-state index is 11.7. The van der Waals surface area contributed by atoms with E-state index in [9.17, 15) is 5.11 Å². The van der Waals surface area contributed by atoms with Crippen LogP contribution in [0.25, 0.3) is 0 Å². The van der Waals surface area contributed by atoms with Gasteiger partial charge in [-0.2, -0.15) is 0 Å². The molecule has 0 aromatic heterocycles. The average molecular weight is 316 g/mol. The van der Waals surface area contributed by atoms with E-state index in [1.807, 2.05) is 0 Å². The van der Waals surface area contributed by atoms with Crippen LogP contribution < -0.4 is 0 Å². The van der Waals surface area contributed by atoms with Crippen LogP contribution in [0.2, 0.25) is 0 Å². The Morgan fingerprint density at radius 1 is 1.13 bits per heavy atom. The summed E-state index contributed by atoms with van der Waals surface area (Å²) in [6.07, 6.45) is 5.72. The highest BCUT2D eigenvalue weighted by atomic mass is 16.3. The summed E-state index contributed by atoms with van der Waals surface area (Å²) in [5.74, 6) is 0.357. The van der Waals surface area contributed by atoms with Crippen molar-refractivity contribution in [3.8, 4) is 0 Å². The minimum absolute atomic E-state index is 0.357. The monoisotopic (exact) mass is 316 g/mol. The quantitative estimate of drug-likeness (QED) is 0.869. The molecule has 1 heterocycles. The van der Waals surface area contributed by atoms with Crippen LogP contribution >= 0.6 is 0 Å². The fourth-order valence-electron chi connectivity index (χ4n) is 4.28. The molecule has 0 spiro atoms. The van der Waals surface area contributed by atoms with Gasteiger partial charge in [0.15, 0.2) is 0 Å². The van der Waals surface area contributed by atoms with E-state index in [4.69, 9.17) is 0 Å². The van der Waals surface area contributed by atoms with Gasteiger partial charge in [-0.15, -0.1) is 0 Å². The lowest BCUT2D eigenvalue weighted by Crippen LogP contribution is -2.49. The van der Waals surface area contributed by atoms with Crippen LogP contribution in [0.3, 0.4) is 0 Å². The first kappa shape index (κ1) is 16.9. The Morgan fingerprint density at radius 2 is 1.91 bits per heavy atom. The number of aryl methyl sites for hydroxylation is 1. The first-order valence-electron chi connectivity index (χ1n) is 9.28. The number of aliphatic hydroxyl groups is 1. The van der Waals surface area contributed by atoms with Crippen molar-refractivity contribution in [2.75, 3.05) is 39.8 Å². The molecule has 3 heteroatoms. The van der Waals surface area contributed by atoms with Crippen LogP contribution in [0.5, 0.6) is 0 Å². The lowest BCUT2D eigenvalue weighted by molar-refractivity contribution is -0.0465. The molecule has 0 amide bonds. The third-order valence-corrected chi connectivity index (χ3v) is 5.88. The minimum atomic E-state index is -0.647. The summed E-state index contributed by atoms with van der Waals surface area (Å²) in [4.78, 5) is 4.97. The zero-order valence-electron chi connectivity index (χ0n) is 14.8. The Balaban J connectivity index is 1.79. The molecule has 128 valence electrons. The summed E-state index contributed by atoms with van der Waals surface area (Å²) in [7, 11) is 2.20. The van der Waals surface area contributed by atoms with Gasteiger partial charge in [-0.3, -0.25) is 0 Å². The molecule has 2 aliphatic rings. The Hall–Kier alpha value is -0.900. The summed E-state index contributed by atoms with van der Waals surface area (Å²) < 4.78 is 0. The standard InChI is InChI=1S/C20H32N2O/c1-17-7-6-9-18(15-17)20(23)10-5-3-4-8-19(20)16-22-13-11-21(2)12-14-22/h6-7,9,15,19,23H,3-5,8,10-14,16H2,1-2H3. The van der Waals surface area contributed by atoms with Crippen molar-refractivity contribution < 1.29 is 5.11 Å². The van der Waals surface area contributed by atoms with Gasteiger partial charge in [0, 0.05) is 38.6 Å². The van der Waals surface area contributed by atoms with Crippen molar-refractivity contribution in [2.24, 2.45) is 5.92 Å². The number of hydrogen-bond acceptors (Lipinski definition) is 3. The van der Waals surface area contributed by atoms with E-state index < -0.39 is 5.60 Å². The number of piperazine rings is 1. The molecular weight excluding hydrogens is 284 g/mol. The summed E-state index contributed by atoms with van der Waals surface area (Å²) in [6.45, 7) is 7.73. The molecule has 1 N–H and O–H groups in total. The number of benzene rings is 1. The van der Waals surface area contributed by atoms with Gasteiger partial charge >= 0.3 is 0 Å². The van der Waals surface area contributed by atoms with Gasteiger partial charge in [0.1, 0.15) is 0 Å². The summed E-state index contributed by atoms with van der Waals surface area (Å²) in [6, 6.07) is 8.55. The van der Waals surface area contributed by atoms with Crippen molar-refractivity contribution in [1.82, 2.24) is 9.80 Å². The van der Waals surface area contributed by atoms with E-state index in [0.29, 0.717) is 5.92 Å². The molecule has 2 fully saturated rings. The lowest BCUT2D eigenvalue weighted by atomic mass is 9.77. The predicted octanol–water partition coefficient (Wildman–Crippen LogP) is 3.01. The van der Waals surface area contributed by atoms with Gasteiger partial charge in [-0.1, -0.05) is 49.1 Å². The summed E-state index contributed by atoms with van der Waals surface area (Å²) in [5.41, 5.74) is 1.74. The predicted molar refractivity (Wildman–Crippen MR) is 95.6 cm³/mol. The van der Waals surface area contributed by atoms with Crippen LogP contribution in [0.4, 0.5) is 0 Å². The van der Waals surface area contributed by atoms with Gasteiger partial charge < -0.3 is 14.9 Å². The second-order valence-electron chi connectivity index (χ2n) is 7.69. The molecule has 0 radical (unpaired) electrons. The zero-order chi connectivity index (χ0) is 16.3. The van der Waals surface area contributed by atoms with E-state index in [-0.39, 0.29) is 0 Å². The smallest absolute Gasteiger partial charge is 0.0936 e. The van der Waals surface area contributed by atoms with E-state index in [2.05, 4.69) is 48.0 Å². The molecule has 1 saturated carbocycles. The van der Waals surface area contributed by atoms with E-state index in [0.717, 1.165) is 57.5 Å².